The Labute approximate surface area is 171 Å². The molecule has 0 unspecified atom stereocenters. The zero-order valence-electron chi connectivity index (χ0n) is 17.4. The molecule has 6 nitrogen and oxygen atoms in total. The Balaban J connectivity index is 1.48. The van der Waals surface area contributed by atoms with Crippen LogP contribution in [0.25, 0.3) is 0 Å². The van der Waals surface area contributed by atoms with Crippen LogP contribution in [0, 0.1) is 5.82 Å². The summed E-state index contributed by atoms with van der Waals surface area (Å²) >= 11 is 0. The molecular weight excluding hydrogens is 375 g/mol. The Morgan fingerprint density at radius 3 is 2.07 bits per heavy atom. The van der Waals surface area contributed by atoms with Crippen molar-refractivity contribution in [1.29, 1.82) is 0 Å². The van der Waals surface area contributed by atoms with Crippen molar-refractivity contribution < 1.29 is 33.1 Å². The first-order chi connectivity index (χ1) is 14.1. The van der Waals surface area contributed by atoms with E-state index in [2.05, 4.69) is 6.07 Å². The van der Waals surface area contributed by atoms with Crippen molar-refractivity contribution in [3.63, 3.8) is 0 Å². The second kappa shape index (κ2) is 10.3. The second-order valence-electron chi connectivity index (χ2n) is 7.22. The highest BCUT2D eigenvalue weighted by Gasteiger charge is 2.25. The van der Waals surface area contributed by atoms with E-state index in [1.54, 1.807) is 33.5 Å². The van der Waals surface area contributed by atoms with Crippen molar-refractivity contribution in [1.82, 2.24) is 0 Å². The SMILES string of the molecule is COc1ccc(C[NH+]2CC[NH+](CCOc3ccc(F)cc3)CC2)c(OC)c1OC. The van der Waals surface area contributed by atoms with E-state index in [1.807, 2.05) is 6.07 Å². The van der Waals surface area contributed by atoms with Crippen LogP contribution in [-0.2, 0) is 6.54 Å². The number of halogens is 1. The molecule has 0 amide bonds. The summed E-state index contributed by atoms with van der Waals surface area (Å²) in [6, 6.07) is 10.2. The maximum Gasteiger partial charge on any atom is 0.203 e. The molecule has 1 saturated heterocycles. The van der Waals surface area contributed by atoms with E-state index in [-0.39, 0.29) is 5.82 Å². The molecule has 1 heterocycles. The van der Waals surface area contributed by atoms with Gasteiger partial charge in [0.15, 0.2) is 11.5 Å². The van der Waals surface area contributed by atoms with E-state index < -0.39 is 0 Å². The molecule has 2 N–H and O–H groups in total. The average Bonchev–Trinajstić information content (AvgIpc) is 2.75. The quantitative estimate of drug-likeness (QED) is 0.625. The predicted octanol–water partition coefficient (Wildman–Crippen LogP) is 0.214. The number of quaternary nitrogens is 2. The smallest absolute Gasteiger partial charge is 0.203 e. The van der Waals surface area contributed by atoms with Crippen LogP contribution in [0.5, 0.6) is 23.0 Å². The van der Waals surface area contributed by atoms with Crippen molar-refractivity contribution in [2.75, 3.05) is 60.7 Å². The molecule has 0 aromatic heterocycles. The van der Waals surface area contributed by atoms with Crippen molar-refractivity contribution in [2.45, 2.75) is 6.54 Å². The largest absolute Gasteiger partial charge is 0.493 e. The lowest BCUT2D eigenvalue weighted by Gasteiger charge is -2.30. The third-order valence-corrected chi connectivity index (χ3v) is 5.43. The average molecular weight is 406 g/mol. The number of rotatable bonds is 9. The van der Waals surface area contributed by atoms with Gasteiger partial charge in [-0.15, -0.1) is 0 Å². The first kappa shape index (κ1) is 21.2. The summed E-state index contributed by atoms with van der Waals surface area (Å²) in [6.45, 7) is 6.84. The van der Waals surface area contributed by atoms with Gasteiger partial charge < -0.3 is 28.7 Å². The first-order valence-corrected chi connectivity index (χ1v) is 9.98. The van der Waals surface area contributed by atoms with Crippen LogP contribution in [0.15, 0.2) is 36.4 Å². The predicted molar refractivity (Wildman–Crippen MR) is 108 cm³/mol. The first-order valence-electron chi connectivity index (χ1n) is 9.98. The van der Waals surface area contributed by atoms with Crippen LogP contribution in [0.3, 0.4) is 0 Å². The van der Waals surface area contributed by atoms with Gasteiger partial charge in [0.2, 0.25) is 5.75 Å². The van der Waals surface area contributed by atoms with Gasteiger partial charge >= 0.3 is 0 Å². The van der Waals surface area contributed by atoms with Crippen LogP contribution in [0.1, 0.15) is 5.56 Å². The van der Waals surface area contributed by atoms with Crippen LogP contribution in [-0.4, -0.2) is 60.7 Å². The molecule has 7 heteroatoms. The van der Waals surface area contributed by atoms with E-state index >= 15 is 0 Å². The number of hydrogen-bond acceptors (Lipinski definition) is 4. The molecule has 158 valence electrons. The van der Waals surface area contributed by atoms with Gasteiger partial charge in [-0.3, -0.25) is 0 Å². The maximum absolute atomic E-state index is 12.9. The van der Waals surface area contributed by atoms with Crippen molar-refractivity contribution in [3.8, 4) is 23.0 Å². The summed E-state index contributed by atoms with van der Waals surface area (Å²) in [5.41, 5.74) is 1.13. The highest BCUT2D eigenvalue weighted by molar-refractivity contribution is 5.55. The summed E-state index contributed by atoms with van der Waals surface area (Å²) in [7, 11) is 4.93. The van der Waals surface area contributed by atoms with Gasteiger partial charge in [0.05, 0.1) is 26.9 Å². The van der Waals surface area contributed by atoms with Crippen molar-refractivity contribution in [2.24, 2.45) is 0 Å². The van der Waals surface area contributed by atoms with Gasteiger partial charge in [-0.2, -0.15) is 0 Å². The summed E-state index contributed by atoms with van der Waals surface area (Å²) in [6.07, 6.45) is 0. The summed E-state index contributed by atoms with van der Waals surface area (Å²) in [5, 5.41) is 0. The Morgan fingerprint density at radius 2 is 1.45 bits per heavy atom. The molecule has 2 aromatic carbocycles. The van der Waals surface area contributed by atoms with Gasteiger partial charge in [0.25, 0.3) is 0 Å². The Kier molecular flexibility index (Phi) is 7.55. The summed E-state index contributed by atoms with van der Waals surface area (Å²) in [5.74, 6) is 2.55. The highest BCUT2D eigenvalue weighted by atomic mass is 19.1. The number of ether oxygens (including phenoxy) is 4. The van der Waals surface area contributed by atoms with Gasteiger partial charge in [-0.05, 0) is 36.4 Å². The molecule has 3 rings (SSSR count). The minimum atomic E-state index is -0.242. The fourth-order valence-electron chi connectivity index (χ4n) is 3.80. The Morgan fingerprint density at radius 1 is 0.793 bits per heavy atom. The lowest BCUT2D eigenvalue weighted by molar-refractivity contribution is -1.02. The zero-order valence-corrected chi connectivity index (χ0v) is 17.4. The topological polar surface area (TPSA) is 45.8 Å². The van der Waals surface area contributed by atoms with Crippen molar-refractivity contribution >= 4 is 0 Å². The molecule has 0 atom stereocenters. The fraction of sp³-hybridized carbons (Fsp3) is 0.455. The monoisotopic (exact) mass is 406 g/mol. The second-order valence-corrected chi connectivity index (χ2v) is 7.22. The normalized spacial score (nSPS) is 18.9. The zero-order chi connectivity index (χ0) is 20.6. The molecule has 1 aliphatic rings. The molecule has 0 aliphatic carbocycles. The minimum Gasteiger partial charge on any atom is -0.493 e. The number of hydrogen-bond donors (Lipinski definition) is 2. The third-order valence-electron chi connectivity index (χ3n) is 5.43. The minimum absolute atomic E-state index is 0.242. The maximum atomic E-state index is 12.9. The van der Waals surface area contributed by atoms with E-state index in [0.717, 1.165) is 56.3 Å². The third kappa shape index (κ3) is 5.52. The molecule has 2 aromatic rings. The number of piperazine rings is 1. The number of nitrogens with one attached hydrogen (secondary N) is 2. The van der Waals surface area contributed by atoms with Gasteiger partial charge in [0, 0.05) is 0 Å². The molecule has 0 radical (unpaired) electrons. The number of methoxy groups -OCH3 is 3. The van der Waals surface area contributed by atoms with Crippen LogP contribution in [0.4, 0.5) is 4.39 Å². The van der Waals surface area contributed by atoms with E-state index in [1.165, 1.54) is 21.9 Å². The highest BCUT2D eigenvalue weighted by Crippen LogP contribution is 2.39. The standard InChI is InChI=1S/C22H29FN2O4/c1-26-20-9-4-17(21(27-2)22(20)28-3)16-25-12-10-24(11-13-25)14-15-29-19-7-5-18(23)6-8-19/h4-9H,10-16H2,1-3H3/p+2. The Hall–Kier alpha value is -2.51. The molecule has 29 heavy (non-hydrogen) atoms. The van der Waals surface area contributed by atoms with Gasteiger partial charge in [0.1, 0.15) is 57.4 Å². The van der Waals surface area contributed by atoms with E-state index in [0.29, 0.717) is 18.1 Å². The van der Waals surface area contributed by atoms with Gasteiger partial charge in [-0.1, -0.05) is 0 Å². The Bertz CT molecular complexity index is 777. The molecule has 0 saturated carbocycles. The fourth-order valence-corrected chi connectivity index (χ4v) is 3.80. The van der Waals surface area contributed by atoms with E-state index in [9.17, 15) is 4.39 Å². The number of benzene rings is 2. The van der Waals surface area contributed by atoms with Crippen LogP contribution < -0.4 is 28.7 Å². The summed E-state index contributed by atoms with van der Waals surface area (Å²) < 4.78 is 35.1. The van der Waals surface area contributed by atoms with Gasteiger partial charge in [-0.25, -0.2) is 4.39 Å². The lowest BCUT2D eigenvalue weighted by Crippen LogP contribution is -3.27. The molecular formula is C22H31FN2O4+2. The van der Waals surface area contributed by atoms with Crippen LogP contribution >= 0.6 is 0 Å². The molecule has 1 aliphatic heterocycles. The molecule has 1 fully saturated rings. The molecule has 0 bridgehead atoms. The van der Waals surface area contributed by atoms with E-state index in [4.69, 9.17) is 18.9 Å². The molecule has 0 spiro atoms. The lowest BCUT2D eigenvalue weighted by atomic mass is 10.1. The summed E-state index contributed by atoms with van der Waals surface area (Å²) in [4.78, 5) is 3.06. The van der Waals surface area contributed by atoms with Crippen molar-refractivity contribution in [3.05, 3.63) is 47.8 Å². The van der Waals surface area contributed by atoms with Crippen LogP contribution in [0.2, 0.25) is 0 Å².